The molecule has 0 N–H and O–H groups in total. The van der Waals surface area contributed by atoms with Crippen molar-refractivity contribution in [2.75, 3.05) is 27.8 Å². The number of ether oxygens (including phenoxy) is 3. The summed E-state index contributed by atoms with van der Waals surface area (Å²) in [7, 11) is 5.77. The number of hydrogen-bond donors (Lipinski definition) is 0. The van der Waals surface area contributed by atoms with Crippen molar-refractivity contribution in [2.45, 2.75) is 36.5 Å². The van der Waals surface area contributed by atoms with E-state index in [0.29, 0.717) is 12.0 Å². The van der Waals surface area contributed by atoms with Gasteiger partial charge in [0, 0.05) is 30.0 Å². The molecule has 4 nitrogen and oxygen atoms in total. The first-order valence-corrected chi connectivity index (χ1v) is 8.49. The zero-order chi connectivity index (χ0) is 15.8. The number of nitrogens with zero attached hydrogens (tertiary/aromatic N) is 1. The Morgan fingerprint density at radius 1 is 1.26 bits per heavy atom. The predicted molar refractivity (Wildman–Crippen MR) is 87.3 cm³/mol. The van der Waals surface area contributed by atoms with Gasteiger partial charge in [-0.25, -0.2) is 0 Å². The third-order valence-electron chi connectivity index (χ3n) is 6.61. The summed E-state index contributed by atoms with van der Waals surface area (Å²) < 4.78 is 17.9. The van der Waals surface area contributed by atoms with Gasteiger partial charge in [-0.05, 0) is 38.1 Å². The minimum Gasteiger partial charge on any atom is -0.493 e. The summed E-state index contributed by atoms with van der Waals surface area (Å²) in [6.07, 6.45) is 6.89. The minimum atomic E-state index is 0.0124. The minimum absolute atomic E-state index is 0.0124. The van der Waals surface area contributed by atoms with Crippen LogP contribution in [-0.4, -0.2) is 51.0 Å². The fraction of sp³-hybridized carbons (Fsp3) is 0.579. The molecule has 1 saturated heterocycles. The summed E-state index contributed by atoms with van der Waals surface area (Å²) in [6.45, 7) is 1.11. The van der Waals surface area contributed by atoms with Crippen LogP contribution in [0.15, 0.2) is 24.3 Å². The molecule has 2 unspecified atom stereocenters. The van der Waals surface area contributed by atoms with Gasteiger partial charge in [-0.2, -0.15) is 0 Å². The van der Waals surface area contributed by atoms with Gasteiger partial charge in [0.05, 0.1) is 7.11 Å². The van der Waals surface area contributed by atoms with Crippen LogP contribution in [0.2, 0.25) is 0 Å². The van der Waals surface area contributed by atoms with Gasteiger partial charge in [-0.1, -0.05) is 18.2 Å². The van der Waals surface area contributed by atoms with E-state index in [9.17, 15) is 0 Å². The third kappa shape index (κ3) is 1.49. The van der Waals surface area contributed by atoms with E-state index in [-0.39, 0.29) is 17.6 Å². The second kappa shape index (κ2) is 4.52. The van der Waals surface area contributed by atoms with E-state index in [1.165, 1.54) is 11.1 Å². The molecule has 0 amide bonds. The maximum Gasteiger partial charge on any atom is 0.165 e. The highest BCUT2D eigenvalue weighted by atomic mass is 16.6. The smallest absolute Gasteiger partial charge is 0.165 e. The van der Waals surface area contributed by atoms with Crippen molar-refractivity contribution in [3.63, 3.8) is 0 Å². The molecular formula is C19H23NO3. The monoisotopic (exact) mass is 313 g/mol. The molecule has 122 valence electrons. The van der Waals surface area contributed by atoms with Crippen LogP contribution < -0.4 is 9.47 Å². The molecule has 2 aliphatic heterocycles. The van der Waals surface area contributed by atoms with Crippen LogP contribution in [0.25, 0.3) is 0 Å². The first-order chi connectivity index (χ1) is 11.2. The molecule has 2 heterocycles. The number of methoxy groups -OCH3 is 2. The molecule has 0 saturated carbocycles. The summed E-state index contributed by atoms with van der Waals surface area (Å²) in [6, 6.07) is 4.86. The lowest BCUT2D eigenvalue weighted by Crippen LogP contribution is -2.65. The van der Waals surface area contributed by atoms with E-state index in [4.69, 9.17) is 14.2 Å². The Kier molecular flexibility index (Phi) is 2.73. The topological polar surface area (TPSA) is 30.9 Å². The Hall–Kier alpha value is -1.52. The van der Waals surface area contributed by atoms with Crippen LogP contribution in [0, 0.1) is 5.92 Å². The molecule has 0 aromatic heterocycles. The molecule has 0 radical (unpaired) electrons. The van der Waals surface area contributed by atoms with E-state index < -0.39 is 0 Å². The van der Waals surface area contributed by atoms with E-state index in [2.05, 4.69) is 36.2 Å². The average Bonchev–Trinajstić information content (AvgIpc) is 2.92. The maximum absolute atomic E-state index is 6.52. The first kappa shape index (κ1) is 13.9. The number of piperidine rings is 1. The summed E-state index contributed by atoms with van der Waals surface area (Å²) in [5, 5.41) is 0. The van der Waals surface area contributed by atoms with Gasteiger partial charge in [0.2, 0.25) is 0 Å². The van der Waals surface area contributed by atoms with Gasteiger partial charge in [0.1, 0.15) is 12.2 Å². The number of likely N-dealkylation sites (N-methyl/N-ethyl adjacent to an activating group) is 1. The fourth-order valence-electron chi connectivity index (χ4n) is 5.57. The Bertz CT molecular complexity index is 700. The quantitative estimate of drug-likeness (QED) is 0.783. The summed E-state index contributed by atoms with van der Waals surface area (Å²) >= 11 is 0. The second-order valence-corrected chi connectivity index (χ2v) is 7.32. The SMILES string of the molecule is COc1ccc2c3c1O[C@H]1[C@@H](OC)C=CC4C(C2)N(C)CC[C@@]341. The number of rotatable bonds is 2. The fourth-order valence-corrected chi connectivity index (χ4v) is 5.57. The summed E-state index contributed by atoms with van der Waals surface area (Å²) in [5.41, 5.74) is 2.88. The zero-order valence-corrected chi connectivity index (χ0v) is 13.9. The highest BCUT2D eigenvalue weighted by molar-refractivity contribution is 5.62. The highest BCUT2D eigenvalue weighted by Crippen LogP contribution is 2.62. The van der Waals surface area contributed by atoms with Crippen molar-refractivity contribution >= 4 is 0 Å². The first-order valence-electron chi connectivity index (χ1n) is 8.49. The van der Waals surface area contributed by atoms with Gasteiger partial charge in [0.15, 0.2) is 11.5 Å². The van der Waals surface area contributed by atoms with Gasteiger partial charge in [-0.3, -0.25) is 0 Å². The normalized spacial score (nSPS) is 39.8. The van der Waals surface area contributed by atoms with Crippen LogP contribution in [0.4, 0.5) is 0 Å². The van der Waals surface area contributed by atoms with Crippen molar-refractivity contribution in [1.82, 2.24) is 4.90 Å². The van der Waals surface area contributed by atoms with Gasteiger partial charge in [0.25, 0.3) is 0 Å². The highest BCUT2D eigenvalue weighted by Gasteiger charge is 2.64. The average molecular weight is 313 g/mol. The lowest BCUT2D eigenvalue weighted by molar-refractivity contribution is -0.0581. The van der Waals surface area contributed by atoms with Gasteiger partial charge >= 0.3 is 0 Å². The summed E-state index contributed by atoms with van der Waals surface area (Å²) in [4.78, 5) is 2.52. The van der Waals surface area contributed by atoms with Crippen molar-refractivity contribution in [3.05, 3.63) is 35.4 Å². The standard InChI is InChI=1S/C19H23NO3/c1-20-9-8-19-12-5-7-15(22-3)18(19)23-17-14(21-2)6-4-11(16(17)19)10-13(12)20/h4-7,12-13,15,18H,8-10H2,1-3H3/t12?,13?,15-,18-,19-/m0/s1. The zero-order valence-electron chi connectivity index (χ0n) is 13.9. The van der Waals surface area contributed by atoms with Crippen molar-refractivity contribution in [3.8, 4) is 11.5 Å². The van der Waals surface area contributed by atoms with E-state index >= 15 is 0 Å². The van der Waals surface area contributed by atoms with Crippen LogP contribution >= 0.6 is 0 Å². The number of benzene rings is 1. The van der Waals surface area contributed by atoms with Crippen LogP contribution in [0.1, 0.15) is 17.5 Å². The number of hydrogen-bond acceptors (Lipinski definition) is 4. The lowest BCUT2D eigenvalue weighted by Gasteiger charge is -2.56. The van der Waals surface area contributed by atoms with Crippen LogP contribution in [-0.2, 0) is 16.6 Å². The molecule has 1 fully saturated rings. The van der Waals surface area contributed by atoms with Crippen LogP contribution in [0.3, 0.4) is 0 Å². The molecule has 4 aliphatic rings. The molecule has 2 bridgehead atoms. The van der Waals surface area contributed by atoms with Crippen molar-refractivity contribution in [2.24, 2.45) is 5.92 Å². The largest absolute Gasteiger partial charge is 0.493 e. The molecule has 5 rings (SSSR count). The molecule has 1 aromatic rings. The molecule has 1 spiro atoms. The molecule has 23 heavy (non-hydrogen) atoms. The lowest BCUT2D eigenvalue weighted by atomic mass is 9.53. The molecule has 2 aliphatic carbocycles. The Morgan fingerprint density at radius 2 is 2.13 bits per heavy atom. The molecule has 4 heteroatoms. The van der Waals surface area contributed by atoms with E-state index in [0.717, 1.165) is 30.9 Å². The maximum atomic E-state index is 6.52. The van der Waals surface area contributed by atoms with Crippen molar-refractivity contribution in [1.29, 1.82) is 0 Å². The predicted octanol–water partition coefficient (Wildman–Crippen LogP) is 2.16. The van der Waals surface area contributed by atoms with Crippen molar-refractivity contribution < 1.29 is 14.2 Å². The Labute approximate surface area is 137 Å². The van der Waals surface area contributed by atoms with E-state index in [1.807, 2.05) is 0 Å². The van der Waals surface area contributed by atoms with Crippen LogP contribution in [0.5, 0.6) is 11.5 Å². The summed E-state index contributed by atoms with van der Waals surface area (Å²) in [5.74, 6) is 2.32. The Morgan fingerprint density at radius 3 is 2.91 bits per heavy atom. The second-order valence-electron chi connectivity index (χ2n) is 7.32. The van der Waals surface area contributed by atoms with Gasteiger partial charge in [-0.15, -0.1) is 0 Å². The molecule has 1 aromatic carbocycles. The molecule has 5 atom stereocenters. The van der Waals surface area contributed by atoms with E-state index in [1.54, 1.807) is 14.2 Å². The number of likely N-dealkylation sites (tertiary alicyclic amines) is 1. The molecular weight excluding hydrogens is 290 g/mol. The Balaban J connectivity index is 1.80. The third-order valence-corrected chi connectivity index (χ3v) is 6.61. The van der Waals surface area contributed by atoms with Gasteiger partial charge < -0.3 is 19.1 Å².